The highest BCUT2D eigenvalue weighted by atomic mass is 15.1. The molecule has 1 aliphatic heterocycles. The predicted molar refractivity (Wildman–Crippen MR) is 74.9 cm³/mol. The van der Waals surface area contributed by atoms with Crippen LogP contribution >= 0.6 is 0 Å². The first-order chi connectivity index (χ1) is 8.61. The van der Waals surface area contributed by atoms with Gasteiger partial charge in [-0.05, 0) is 38.8 Å². The molecule has 1 saturated heterocycles. The molecule has 0 spiro atoms. The summed E-state index contributed by atoms with van der Waals surface area (Å²) in [6.07, 6.45) is 2.40. The molecule has 1 aromatic rings. The molecule has 0 amide bonds. The lowest BCUT2D eigenvalue weighted by Gasteiger charge is -2.30. The lowest BCUT2D eigenvalue weighted by atomic mass is 9.96. The van der Waals surface area contributed by atoms with Crippen molar-refractivity contribution in [1.29, 1.82) is 0 Å². The van der Waals surface area contributed by atoms with Crippen molar-refractivity contribution in [2.75, 3.05) is 26.2 Å². The molecular formula is C14H26N4. The number of nitrogens with two attached hydrogens (primary N) is 1. The highest BCUT2D eigenvalue weighted by Gasteiger charge is 2.23. The Morgan fingerprint density at radius 3 is 2.56 bits per heavy atom. The maximum atomic E-state index is 5.60. The van der Waals surface area contributed by atoms with Gasteiger partial charge in [-0.1, -0.05) is 13.8 Å². The molecule has 1 fully saturated rings. The number of rotatable bonds is 4. The predicted octanol–water partition coefficient (Wildman–Crippen LogP) is 1.98. The Labute approximate surface area is 110 Å². The van der Waals surface area contributed by atoms with Crippen molar-refractivity contribution in [3.05, 3.63) is 17.2 Å². The Morgan fingerprint density at radius 1 is 1.39 bits per heavy atom. The first kappa shape index (κ1) is 13.6. The highest BCUT2D eigenvalue weighted by molar-refractivity contribution is 5.18. The Hall–Kier alpha value is -0.870. The van der Waals surface area contributed by atoms with Crippen molar-refractivity contribution in [3.63, 3.8) is 0 Å². The summed E-state index contributed by atoms with van der Waals surface area (Å²) >= 11 is 0. The van der Waals surface area contributed by atoms with Gasteiger partial charge in [0.1, 0.15) is 5.82 Å². The average molecular weight is 250 g/mol. The molecule has 3 N–H and O–H groups in total. The van der Waals surface area contributed by atoms with E-state index in [1.165, 1.54) is 30.1 Å². The van der Waals surface area contributed by atoms with E-state index in [1.807, 2.05) is 0 Å². The van der Waals surface area contributed by atoms with Gasteiger partial charge in [0.05, 0.1) is 5.69 Å². The zero-order chi connectivity index (χ0) is 13.1. The number of piperidine rings is 1. The smallest absolute Gasteiger partial charge is 0.109 e. The van der Waals surface area contributed by atoms with E-state index in [1.54, 1.807) is 0 Å². The van der Waals surface area contributed by atoms with Crippen LogP contribution in [0.1, 0.15) is 55.7 Å². The van der Waals surface area contributed by atoms with Gasteiger partial charge in [-0.15, -0.1) is 0 Å². The lowest BCUT2D eigenvalue weighted by Crippen LogP contribution is -2.36. The number of hydrogen-bond acceptors (Lipinski definition) is 3. The van der Waals surface area contributed by atoms with Gasteiger partial charge in [0.15, 0.2) is 0 Å². The van der Waals surface area contributed by atoms with E-state index in [2.05, 4.69) is 30.7 Å². The van der Waals surface area contributed by atoms with Gasteiger partial charge >= 0.3 is 0 Å². The number of aromatic nitrogens is 2. The molecule has 4 heteroatoms. The van der Waals surface area contributed by atoms with Crippen molar-refractivity contribution >= 4 is 0 Å². The van der Waals surface area contributed by atoms with Crippen LogP contribution in [0.4, 0.5) is 0 Å². The van der Waals surface area contributed by atoms with E-state index in [0.29, 0.717) is 11.8 Å². The fourth-order valence-corrected chi connectivity index (χ4v) is 2.87. The van der Waals surface area contributed by atoms with Gasteiger partial charge in [0.25, 0.3) is 0 Å². The molecule has 0 bridgehead atoms. The molecule has 0 atom stereocenters. The summed E-state index contributed by atoms with van der Waals surface area (Å²) in [5, 5.41) is 0. The number of imidazole rings is 1. The topological polar surface area (TPSA) is 57.9 Å². The van der Waals surface area contributed by atoms with Crippen LogP contribution < -0.4 is 5.73 Å². The molecule has 0 saturated carbocycles. The van der Waals surface area contributed by atoms with Crippen LogP contribution in [-0.2, 0) is 0 Å². The maximum Gasteiger partial charge on any atom is 0.109 e. The van der Waals surface area contributed by atoms with Crippen LogP contribution in [0.5, 0.6) is 0 Å². The van der Waals surface area contributed by atoms with Gasteiger partial charge in [0, 0.05) is 24.7 Å². The van der Waals surface area contributed by atoms with Gasteiger partial charge in [-0.2, -0.15) is 0 Å². The Morgan fingerprint density at radius 2 is 2.06 bits per heavy atom. The Balaban J connectivity index is 1.99. The van der Waals surface area contributed by atoms with E-state index < -0.39 is 0 Å². The zero-order valence-corrected chi connectivity index (χ0v) is 11.9. The summed E-state index contributed by atoms with van der Waals surface area (Å²) < 4.78 is 0. The molecule has 102 valence electrons. The minimum Gasteiger partial charge on any atom is -0.346 e. The van der Waals surface area contributed by atoms with E-state index in [-0.39, 0.29) is 0 Å². The molecule has 0 aromatic carbocycles. The SMILES string of the molecule is Cc1[nH]c(C2CCN(CCN)CC2)nc1C(C)C. The summed E-state index contributed by atoms with van der Waals surface area (Å²) in [6, 6.07) is 0. The fourth-order valence-electron chi connectivity index (χ4n) is 2.87. The quantitative estimate of drug-likeness (QED) is 0.859. The van der Waals surface area contributed by atoms with Crippen LogP contribution in [0.2, 0.25) is 0 Å². The van der Waals surface area contributed by atoms with E-state index in [0.717, 1.165) is 26.2 Å². The van der Waals surface area contributed by atoms with Crippen molar-refractivity contribution in [3.8, 4) is 0 Å². The lowest BCUT2D eigenvalue weighted by molar-refractivity contribution is 0.215. The number of nitrogens with zero attached hydrogens (tertiary/aromatic N) is 2. The highest BCUT2D eigenvalue weighted by Crippen LogP contribution is 2.28. The number of aryl methyl sites for hydroxylation is 1. The third-order valence-corrected chi connectivity index (χ3v) is 3.91. The third-order valence-electron chi connectivity index (χ3n) is 3.91. The van der Waals surface area contributed by atoms with Crippen LogP contribution in [0.3, 0.4) is 0 Å². The van der Waals surface area contributed by atoms with Gasteiger partial charge in [-0.25, -0.2) is 4.98 Å². The second-order valence-electron chi connectivity index (χ2n) is 5.69. The number of likely N-dealkylation sites (tertiary alicyclic amines) is 1. The number of hydrogen-bond donors (Lipinski definition) is 2. The maximum absolute atomic E-state index is 5.60. The number of aromatic amines is 1. The minimum absolute atomic E-state index is 0.507. The monoisotopic (exact) mass is 250 g/mol. The number of nitrogens with one attached hydrogen (secondary N) is 1. The molecule has 2 rings (SSSR count). The summed E-state index contributed by atoms with van der Waals surface area (Å²) in [5.41, 5.74) is 8.07. The third kappa shape index (κ3) is 2.93. The van der Waals surface area contributed by atoms with Gasteiger partial charge in [-0.3, -0.25) is 0 Å². The van der Waals surface area contributed by atoms with Crippen LogP contribution in [0, 0.1) is 6.92 Å². The molecule has 0 aliphatic carbocycles. The van der Waals surface area contributed by atoms with Gasteiger partial charge in [0.2, 0.25) is 0 Å². The van der Waals surface area contributed by atoms with Crippen LogP contribution in [-0.4, -0.2) is 41.0 Å². The fraction of sp³-hybridized carbons (Fsp3) is 0.786. The minimum atomic E-state index is 0.507. The summed E-state index contributed by atoms with van der Waals surface area (Å²) in [4.78, 5) is 10.7. The van der Waals surface area contributed by atoms with E-state index in [9.17, 15) is 0 Å². The van der Waals surface area contributed by atoms with Crippen LogP contribution in [0.25, 0.3) is 0 Å². The number of H-pyrrole nitrogens is 1. The second-order valence-corrected chi connectivity index (χ2v) is 5.69. The normalized spacial score (nSPS) is 18.7. The zero-order valence-electron chi connectivity index (χ0n) is 11.9. The standard InChI is InChI=1S/C14H26N4/c1-10(2)13-11(3)16-14(17-13)12-4-7-18(8-5-12)9-6-15/h10,12H,4-9,15H2,1-3H3,(H,16,17). The molecule has 0 unspecified atom stereocenters. The summed E-state index contributed by atoms with van der Waals surface area (Å²) in [6.45, 7) is 10.6. The molecular weight excluding hydrogens is 224 g/mol. The van der Waals surface area contributed by atoms with E-state index >= 15 is 0 Å². The second kappa shape index (κ2) is 5.85. The largest absolute Gasteiger partial charge is 0.346 e. The first-order valence-electron chi connectivity index (χ1n) is 7.10. The van der Waals surface area contributed by atoms with Crippen molar-refractivity contribution in [1.82, 2.24) is 14.9 Å². The van der Waals surface area contributed by atoms with Crippen molar-refractivity contribution in [2.45, 2.75) is 45.4 Å². The molecule has 0 radical (unpaired) electrons. The molecule has 1 aromatic heterocycles. The first-order valence-corrected chi connectivity index (χ1v) is 7.10. The van der Waals surface area contributed by atoms with Gasteiger partial charge < -0.3 is 15.6 Å². The molecule has 2 heterocycles. The molecule has 18 heavy (non-hydrogen) atoms. The van der Waals surface area contributed by atoms with Crippen molar-refractivity contribution < 1.29 is 0 Å². The summed E-state index contributed by atoms with van der Waals surface area (Å²) in [5.74, 6) is 2.31. The molecule has 4 nitrogen and oxygen atoms in total. The Kier molecular flexibility index (Phi) is 4.40. The summed E-state index contributed by atoms with van der Waals surface area (Å²) in [7, 11) is 0. The van der Waals surface area contributed by atoms with E-state index in [4.69, 9.17) is 10.7 Å². The molecule has 1 aliphatic rings. The van der Waals surface area contributed by atoms with Crippen LogP contribution in [0.15, 0.2) is 0 Å². The average Bonchev–Trinajstić information content (AvgIpc) is 2.73. The van der Waals surface area contributed by atoms with Crippen molar-refractivity contribution in [2.24, 2.45) is 5.73 Å². The Bertz CT molecular complexity index is 375.